The van der Waals surface area contributed by atoms with E-state index in [1.165, 1.54) is 12.8 Å². The van der Waals surface area contributed by atoms with Crippen LogP contribution in [0.3, 0.4) is 0 Å². The molecule has 0 heterocycles. The van der Waals surface area contributed by atoms with Crippen LogP contribution in [0.2, 0.25) is 0 Å². The van der Waals surface area contributed by atoms with Gasteiger partial charge in [0.2, 0.25) is 0 Å². The molecule has 0 amide bonds. The highest BCUT2D eigenvalue weighted by molar-refractivity contribution is 4.82. The van der Waals surface area contributed by atoms with Crippen LogP contribution >= 0.6 is 0 Å². The van der Waals surface area contributed by atoms with Gasteiger partial charge in [-0.25, -0.2) is 0 Å². The standard InChI is InChI=1S/C6H11O/c1-5-3-4-6(5)7-2/h5-6H,1,3-4H2,2H3. The molecule has 1 fully saturated rings. The molecule has 1 nitrogen and oxygen atoms in total. The average Bonchev–Trinajstić information content (AvgIpc) is 1.65. The summed E-state index contributed by atoms with van der Waals surface area (Å²) in [6.45, 7) is 3.87. The van der Waals surface area contributed by atoms with Crippen LogP contribution in [0.1, 0.15) is 12.8 Å². The molecular weight excluding hydrogens is 88.1 g/mol. The molecule has 0 aliphatic heterocycles. The third-order valence-electron chi connectivity index (χ3n) is 1.65. The van der Waals surface area contributed by atoms with Crippen LogP contribution < -0.4 is 0 Å². The molecule has 1 radical (unpaired) electrons. The number of rotatable bonds is 1. The molecule has 7 heavy (non-hydrogen) atoms. The summed E-state index contributed by atoms with van der Waals surface area (Å²) in [5, 5.41) is 0. The minimum absolute atomic E-state index is 0.472. The Morgan fingerprint density at radius 3 is 2.29 bits per heavy atom. The fourth-order valence-corrected chi connectivity index (χ4v) is 0.849. The molecule has 0 N–H and O–H groups in total. The zero-order valence-corrected chi connectivity index (χ0v) is 4.68. The number of hydrogen-bond donors (Lipinski definition) is 0. The van der Waals surface area contributed by atoms with Gasteiger partial charge in [-0.2, -0.15) is 0 Å². The maximum Gasteiger partial charge on any atom is 0.0599 e. The van der Waals surface area contributed by atoms with E-state index in [4.69, 9.17) is 4.74 Å². The minimum atomic E-state index is 0.472. The Balaban J connectivity index is 2.16. The van der Waals surface area contributed by atoms with E-state index in [1.54, 1.807) is 7.11 Å². The predicted molar refractivity (Wildman–Crippen MR) is 28.9 cm³/mol. The molecule has 0 aromatic rings. The van der Waals surface area contributed by atoms with Crippen LogP contribution in [0.5, 0.6) is 0 Å². The normalized spacial score (nSPS) is 40.3. The fourth-order valence-electron chi connectivity index (χ4n) is 0.849. The van der Waals surface area contributed by atoms with Crippen LogP contribution in [0.4, 0.5) is 0 Å². The lowest BCUT2D eigenvalue weighted by Gasteiger charge is -2.31. The zero-order valence-electron chi connectivity index (χ0n) is 4.68. The van der Waals surface area contributed by atoms with Gasteiger partial charge >= 0.3 is 0 Å². The van der Waals surface area contributed by atoms with Gasteiger partial charge in [-0.15, -0.1) is 0 Å². The molecule has 1 saturated carbocycles. The predicted octanol–water partition coefficient (Wildman–Crippen LogP) is 1.25. The lowest BCUT2D eigenvalue weighted by Crippen LogP contribution is -2.30. The second kappa shape index (κ2) is 1.83. The lowest BCUT2D eigenvalue weighted by molar-refractivity contribution is 0.00361. The summed E-state index contributed by atoms with van der Waals surface area (Å²) in [7, 11) is 1.75. The Morgan fingerprint density at radius 2 is 2.29 bits per heavy atom. The number of hydrogen-bond acceptors (Lipinski definition) is 1. The number of ether oxygens (including phenoxy) is 1. The second-order valence-electron chi connectivity index (χ2n) is 2.11. The van der Waals surface area contributed by atoms with E-state index in [1.807, 2.05) is 0 Å². The maximum atomic E-state index is 5.04. The Labute approximate surface area is 44.7 Å². The van der Waals surface area contributed by atoms with E-state index >= 15 is 0 Å². The molecule has 1 aliphatic carbocycles. The van der Waals surface area contributed by atoms with E-state index < -0.39 is 0 Å². The minimum Gasteiger partial charge on any atom is -0.381 e. The van der Waals surface area contributed by atoms with E-state index in [2.05, 4.69) is 6.92 Å². The van der Waals surface area contributed by atoms with Crippen molar-refractivity contribution >= 4 is 0 Å². The topological polar surface area (TPSA) is 9.23 Å². The van der Waals surface area contributed by atoms with Crippen molar-refractivity contribution in [1.29, 1.82) is 0 Å². The number of methoxy groups -OCH3 is 1. The van der Waals surface area contributed by atoms with Gasteiger partial charge in [0.25, 0.3) is 0 Å². The first-order chi connectivity index (χ1) is 3.34. The van der Waals surface area contributed by atoms with Crippen molar-refractivity contribution in [3.8, 4) is 0 Å². The van der Waals surface area contributed by atoms with E-state index in [0.717, 1.165) is 0 Å². The molecule has 0 aromatic carbocycles. The Kier molecular flexibility index (Phi) is 1.33. The highest BCUT2D eigenvalue weighted by atomic mass is 16.5. The smallest absolute Gasteiger partial charge is 0.0599 e. The van der Waals surface area contributed by atoms with Crippen molar-refractivity contribution in [2.75, 3.05) is 7.11 Å². The lowest BCUT2D eigenvalue weighted by atomic mass is 9.84. The summed E-state index contributed by atoms with van der Waals surface area (Å²) in [6.07, 6.45) is 2.93. The first-order valence-corrected chi connectivity index (χ1v) is 2.70. The van der Waals surface area contributed by atoms with Crippen molar-refractivity contribution in [3.63, 3.8) is 0 Å². The monoisotopic (exact) mass is 99.1 g/mol. The summed E-state index contributed by atoms with van der Waals surface area (Å²) in [4.78, 5) is 0. The highest BCUT2D eigenvalue weighted by Gasteiger charge is 2.25. The summed E-state index contributed by atoms with van der Waals surface area (Å²) < 4.78 is 5.04. The van der Waals surface area contributed by atoms with E-state index in [-0.39, 0.29) is 0 Å². The molecule has 1 rings (SSSR count). The van der Waals surface area contributed by atoms with Gasteiger partial charge in [-0.1, -0.05) is 0 Å². The fraction of sp³-hybridized carbons (Fsp3) is 0.833. The van der Waals surface area contributed by atoms with Crippen LogP contribution in [0.25, 0.3) is 0 Å². The van der Waals surface area contributed by atoms with Gasteiger partial charge in [0.15, 0.2) is 0 Å². The molecule has 1 aliphatic rings. The van der Waals surface area contributed by atoms with Crippen LogP contribution in [-0.2, 0) is 4.74 Å². The Hall–Kier alpha value is -0.0400. The SMILES string of the molecule is [CH2]C1CCC1OC. The molecule has 1 heteroatoms. The van der Waals surface area contributed by atoms with Crippen LogP contribution in [0.15, 0.2) is 0 Å². The maximum absolute atomic E-state index is 5.04. The average molecular weight is 99.2 g/mol. The largest absolute Gasteiger partial charge is 0.381 e. The van der Waals surface area contributed by atoms with Crippen molar-refractivity contribution in [2.24, 2.45) is 5.92 Å². The summed E-state index contributed by atoms with van der Waals surface area (Å²) >= 11 is 0. The summed E-state index contributed by atoms with van der Waals surface area (Å²) in [5.41, 5.74) is 0. The van der Waals surface area contributed by atoms with Crippen LogP contribution in [0, 0.1) is 12.8 Å². The van der Waals surface area contributed by atoms with Gasteiger partial charge in [-0.05, 0) is 25.7 Å². The third kappa shape index (κ3) is 0.778. The van der Waals surface area contributed by atoms with E-state index in [9.17, 15) is 0 Å². The van der Waals surface area contributed by atoms with Gasteiger partial charge < -0.3 is 4.74 Å². The zero-order chi connectivity index (χ0) is 5.28. The first kappa shape index (κ1) is 5.10. The van der Waals surface area contributed by atoms with Gasteiger partial charge in [0.05, 0.1) is 6.10 Å². The molecule has 0 saturated heterocycles. The molecule has 0 bridgehead atoms. The molecule has 41 valence electrons. The van der Waals surface area contributed by atoms with Crippen molar-refractivity contribution < 1.29 is 4.74 Å². The van der Waals surface area contributed by atoms with Crippen LogP contribution in [-0.4, -0.2) is 13.2 Å². The molecule has 0 aromatic heterocycles. The van der Waals surface area contributed by atoms with Gasteiger partial charge in [-0.3, -0.25) is 0 Å². The van der Waals surface area contributed by atoms with Crippen molar-refractivity contribution in [2.45, 2.75) is 18.9 Å². The molecular formula is C6H11O. The van der Waals surface area contributed by atoms with Crippen molar-refractivity contribution in [3.05, 3.63) is 6.92 Å². The van der Waals surface area contributed by atoms with Gasteiger partial charge in [0.1, 0.15) is 0 Å². The molecule has 2 unspecified atom stereocenters. The second-order valence-corrected chi connectivity index (χ2v) is 2.11. The van der Waals surface area contributed by atoms with E-state index in [0.29, 0.717) is 12.0 Å². The van der Waals surface area contributed by atoms with Gasteiger partial charge in [0, 0.05) is 7.11 Å². The summed E-state index contributed by atoms with van der Waals surface area (Å²) in [5.74, 6) is 0.574. The van der Waals surface area contributed by atoms with Crippen molar-refractivity contribution in [1.82, 2.24) is 0 Å². The third-order valence-corrected chi connectivity index (χ3v) is 1.65. The molecule has 2 atom stereocenters. The highest BCUT2D eigenvalue weighted by Crippen LogP contribution is 2.27. The Bertz CT molecular complexity index is 59.2. The molecule has 0 spiro atoms. The first-order valence-electron chi connectivity index (χ1n) is 2.70. The Morgan fingerprint density at radius 1 is 1.57 bits per heavy atom. The quantitative estimate of drug-likeness (QED) is 0.480. The summed E-state index contributed by atoms with van der Waals surface area (Å²) in [6, 6.07) is 0.